The first-order valence-corrected chi connectivity index (χ1v) is 16.6. The largest absolute Gasteiger partial charge is 0.264 e. The molecule has 1 aliphatic rings. The van der Waals surface area contributed by atoms with Gasteiger partial charge in [-0.2, -0.15) is 0 Å². The van der Waals surface area contributed by atoms with Crippen molar-refractivity contribution in [3.05, 3.63) is 205 Å². The molecule has 0 fully saturated rings. The van der Waals surface area contributed by atoms with Crippen molar-refractivity contribution in [3.8, 4) is 22.3 Å². The van der Waals surface area contributed by atoms with E-state index in [0.29, 0.717) is 0 Å². The lowest BCUT2D eigenvalue weighted by molar-refractivity contribution is 0.947. The smallest absolute Gasteiger partial charge is 0.0352 e. The number of aromatic nitrogens is 1. The van der Waals surface area contributed by atoms with Crippen LogP contribution in [0.1, 0.15) is 28.2 Å². The summed E-state index contributed by atoms with van der Waals surface area (Å²) in [6, 6.07) is 55.3. The molecule has 0 amide bonds. The van der Waals surface area contributed by atoms with E-state index < -0.39 is 0 Å². The lowest BCUT2D eigenvalue weighted by Crippen LogP contribution is -2.00. The van der Waals surface area contributed by atoms with Gasteiger partial charge in [-0.1, -0.05) is 158 Å². The van der Waals surface area contributed by atoms with Crippen LogP contribution in [-0.2, 0) is 6.42 Å². The molecule has 1 nitrogen and oxygen atoms in total. The highest BCUT2D eigenvalue weighted by molar-refractivity contribution is 6.10. The van der Waals surface area contributed by atoms with Gasteiger partial charge in [0.1, 0.15) is 0 Å². The highest BCUT2D eigenvalue weighted by Crippen LogP contribution is 2.44. The van der Waals surface area contributed by atoms with Crippen LogP contribution in [0, 0.1) is 0 Å². The molecule has 0 saturated heterocycles. The second-order valence-electron chi connectivity index (χ2n) is 12.8. The van der Waals surface area contributed by atoms with Gasteiger partial charge in [0.15, 0.2) is 0 Å². The molecule has 8 aromatic rings. The van der Waals surface area contributed by atoms with Gasteiger partial charge >= 0.3 is 0 Å². The molecule has 0 aliphatic heterocycles. The summed E-state index contributed by atoms with van der Waals surface area (Å²) in [5.41, 5.74) is 12.5. The van der Waals surface area contributed by atoms with E-state index in [1.807, 2.05) is 12.4 Å². The normalized spacial score (nSPS) is 14.5. The number of benzene rings is 7. The molecule has 0 spiro atoms. The second kappa shape index (κ2) is 11.6. The molecule has 1 aromatic heterocycles. The number of hydrogen-bond acceptors (Lipinski definition) is 1. The first-order chi connectivity index (χ1) is 23.7. The highest BCUT2D eigenvalue weighted by atomic mass is 14.6. The molecule has 9 rings (SSSR count). The van der Waals surface area contributed by atoms with Crippen LogP contribution in [0.4, 0.5) is 0 Å². The van der Waals surface area contributed by atoms with Gasteiger partial charge < -0.3 is 0 Å². The summed E-state index contributed by atoms with van der Waals surface area (Å²) in [5.74, 6) is 0.117. The Morgan fingerprint density at radius 3 is 2.06 bits per heavy atom. The molecular weight excluding hydrogens is 579 g/mol. The number of hydrogen-bond donors (Lipinski definition) is 0. The van der Waals surface area contributed by atoms with E-state index in [9.17, 15) is 0 Å². The van der Waals surface area contributed by atoms with E-state index in [2.05, 4.69) is 169 Å². The molecule has 1 unspecified atom stereocenters. The molecule has 1 heterocycles. The first-order valence-electron chi connectivity index (χ1n) is 16.6. The summed E-state index contributed by atoms with van der Waals surface area (Å²) in [5, 5.41) is 7.39. The summed E-state index contributed by atoms with van der Waals surface area (Å²) in [7, 11) is 0. The minimum absolute atomic E-state index is 0.117. The molecular formula is C47H33N. The fraction of sp³-hybridized carbons (Fsp3) is 0.0426. The van der Waals surface area contributed by atoms with E-state index in [1.165, 1.54) is 88.0 Å². The minimum atomic E-state index is 0.117. The predicted molar refractivity (Wildman–Crippen MR) is 203 cm³/mol. The monoisotopic (exact) mass is 611 g/mol. The number of allylic oxidation sites excluding steroid dienone is 2. The molecule has 1 aliphatic carbocycles. The lowest BCUT2D eigenvalue weighted by Gasteiger charge is -2.17. The van der Waals surface area contributed by atoms with Gasteiger partial charge in [0.2, 0.25) is 0 Å². The van der Waals surface area contributed by atoms with E-state index in [-0.39, 0.29) is 5.92 Å². The van der Waals surface area contributed by atoms with E-state index in [4.69, 9.17) is 0 Å². The molecule has 0 N–H and O–H groups in total. The Morgan fingerprint density at radius 1 is 0.521 bits per heavy atom. The van der Waals surface area contributed by atoms with Crippen molar-refractivity contribution < 1.29 is 0 Å². The van der Waals surface area contributed by atoms with Gasteiger partial charge in [0.05, 0.1) is 0 Å². The molecule has 0 bridgehead atoms. The van der Waals surface area contributed by atoms with Crippen LogP contribution in [0.5, 0.6) is 0 Å². The standard InChI is InChI=1S/C47H33N/c1-31-27-37-22-21-33-13-5-6-17-39(33)47(37)45(29-44(31)32-11-3-2-4-12-32)36-16-9-15-35(28-36)38-23-24-43(41-19-8-7-18-40(38)41)42-20-10-14-34-25-26-48-30-46(34)42/h2-26,28-30,44H,1,27H2. The third-order valence-electron chi connectivity index (χ3n) is 10.0. The van der Waals surface area contributed by atoms with E-state index in [1.54, 1.807) is 0 Å². The van der Waals surface area contributed by atoms with E-state index >= 15 is 0 Å². The summed E-state index contributed by atoms with van der Waals surface area (Å²) in [6.45, 7) is 4.64. The average molecular weight is 612 g/mol. The average Bonchev–Trinajstić information content (AvgIpc) is 3.30. The fourth-order valence-corrected chi connectivity index (χ4v) is 7.73. The number of rotatable bonds is 4. The van der Waals surface area contributed by atoms with Crippen LogP contribution in [0.15, 0.2) is 182 Å². The SMILES string of the molecule is C=C1Cc2ccc3ccccc3c2C(c2cccc(-c3ccc(-c4cccc5ccncc45)c4ccccc34)c2)=CC1c1ccccc1. The van der Waals surface area contributed by atoms with Crippen LogP contribution < -0.4 is 0 Å². The Labute approximate surface area is 281 Å². The molecule has 1 atom stereocenters. The molecule has 1 heteroatoms. The summed E-state index contributed by atoms with van der Waals surface area (Å²) in [6.07, 6.45) is 7.15. The Bertz CT molecular complexity index is 2550. The van der Waals surface area contributed by atoms with Crippen LogP contribution in [-0.4, -0.2) is 4.98 Å². The van der Waals surface area contributed by atoms with Gasteiger partial charge in [-0.3, -0.25) is 4.98 Å². The lowest BCUT2D eigenvalue weighted by atomic mass is 9.86. The van der Waals surface area contributed by atoms with Crippen molar-refractivity contribution in [2.24, 2.45) is 0 Å². The second-order valence-corrected chi connectivity index (χ2v) is 12.8. The highest BCUT2D eigenvalue weighted by Gasteiger charge is 2.24. The topological polar surface area (TPSA) is 12.9 Å². The van der Waals surface area contributed by atoms with E-state index in [0.717, 1.165) is 6.42 Å². The molecule has 48 heavy (non-hydrogen) atoms. The molecule has 7 aromatic carbocycles. The van der Waals surface area contributed by atoms with Crippen LogP contribution in [0.25, 0.3) is 60.1 Å². The third kappa shape index (κ3) is 4.75. The maximum atomic E-state index is 4.64. The molecule has 0 radical (unpaired) electrons. The van der Waals surface area contributed by atoms with Crippen molar-refractivity contribution >= 4 is 37.9 Å². The van der Waals surface area contributed by atoms with Crippen molar-refractivity contribution in [1.29, 1.82) is 0 Å². The zero-order valence-electron chi connectivity index (χ0n) is 26.6. The van der Waals surface area contributed by atoms with Gasteiger partial charge in [-0.15, -0.1) is 0 Å². The minimum Gasteiger partial charge on any atom is -0.264 e. The summed E-state index contributed by atoms with van der Waals surface area (Å²) < 4.78 is 0. The van der Waals surface area contributed by atoms with Crippen molar-refractivity contribution in [2.75, 3.05) is 0 Å². The Morgan fingerprint density at radius 2 is 1.19 bits per heavy atom. The van der Waals surface area contributed by atoms with Crippen molar-refractivity contribution in [3.63, 3.8) is 0 Å². The zero-order chi connectivity index (χ0) is 32.0. The van der Waals surface area contributed by atoms with Gasteiger partial charge in [0, 0.05) is 23.7 Å². The van der Waals surface area contributed by atoms with Crippen LogP contribution in [0.2, 0.25) is 0 Å². The number of nitrogens with zero attached hydrogens (tertiary/aromatic N) is 1. The molecule has 0 saturated carbocycles. The fourth-order valence-electron chi connectivity index (χ4n) is 7.73. The van der Waals surface area contributed by atoms with Crippen LogP contribution in [0.3, 0.4) is 0 Å². The maximum Gasteiger partial charge on any atom is 0.0352 e. The molecule has 226 valence electrons. The van der Waals surface area contributed by atoms with Gasteiger partial charge in [0.25, 0.3) is 0 Å². The van der Waals surface area contributed by atoms with Crippen LogP contribution >= 0.6 is 0 Å². The Balaban J connectivity index is 1.25. The Kier molecular flexibility index (Phi) is 6.83. The van der Waals surface area contributed by atoms with Crippen molar-refractivity contribution in [1.82, 2.24) is 4.98 Å². The van der Waals surface area contributed by atoms with Gasteiger partial charge in [-0.05, 0) is 95.6 Å². The summed E-state index contributed by atoms with van der Waals surface area (Å²) >= 11 is 0. The predicted octanol–water partition coefficient (Wildman–Crippen LogP) is 12.2. The Hall–Kier alpha value is -6.05. The summed E-state index contributed by atoms with van der Waals surface area (Å²) in [4.78, 5) is 4.46. The van der Waals surface area contributed by atoms with Gasteiger partial charge in [-0.25, -0.2) is 0 Å². The zero-order valence-corrected chi connectivity index (χ0v) is 26.6. The quantitative estimate of drug-likeness (QED) is 0.180. The van der Waals surface area contributed by atoms with Crippen molar-refractivity contribution in [2.45, 2.75) is 12.3 Å². The number of fused-ring (bicyclic) bond motifs is 5. The first kappa shape index (κ1) is 28.2. The maximum absolute atomic E-state index is 4.64. The number of pyridine rings is 1. The third-order valence-corrected chi connectivity index (χ3v) is 10.0.